The van der Waals surface area contributed by atoms with Crippen LogP contribution in [0.1, 0.15) is 32.3 Å². The molecule has 1 unspecified atom stereocenters. The molecule has 3 atom stereocenters. The molecule has 0 spiro atoms. The minimum atomic E-state index is -0.261. The lowest BCUT2D eigenvalue weighted by Gasteiger charge is -2.12. The lowest BCUT2D eigenvalue weighted by molar-refractivity contribution is 0.160. The maximum Gasteiger partial charge on any atom is 0.476 e. The van der Waals surface area contributed by atoms with Crippen LogP contribution in [0, 0.1) is 0 Å². The van der Waals surface area contributed by atoms with Gasteiger partial charge in [-0.05, 0) is 42.2 Å². The Kier molecular flexibility index (Phi) is 4.92. The molecule has 17 heavy (non-hydrogen) atoms. The van der Waals surface area contributed by atoms with E-state index in [9.17, 15) is 0 Å². The zero-order chi connectivity index (χ0) is 12.3. The van der Waals surface area contributed by atoms with Crippen molar-refractivity contribution in [1.29, 1.82) is 0 Å². The molecule has 0 saturated carbocycles. The summed E-state index contributed by atoms with van der Waals surface area (Å²) in [5.41, 5.74) is 1.26. The lowest BCUT2D eigenvalue weighted by atomic mass is 9.81. The van der Waals surface area contributed by atoms with Crippen molar-refractivity contribution in [2.24, 2.45) is 0 Å². The van der Waals surface area contributed by atoms with Gasteiger partial charge >= 0.3 is 7.12 Å². The number of alkyl halides is 1. The molecule has 2 heterocycles. The first kappa shape index (κ1) is 13.4. The van der Waals surface area contributed by atoms with Crippen LogP contribution in [0.4, 0.5) is 0 Å². The summed E-state index contributed by atoms with van der Waals surface area (Å²) in [5.74, 6) is 0. The molecular formula is C12H18BClO2S. The van der Waals surface area contributed by atoms with Crippen molar-refractivity contribution in [3.63, 3.8) is 0 Å². The van der Waals surface area contributed by atoms with E-state index in [2.05, 4.69) is 30.7 Å². The van der Waals surface area contributed by atoms with Crippen LogP contribution in [0.25, 0.3) is 0 Å². The predicted octanol–water partition coefficient (Wildman–Crippen LogP) is 3.53. The molecule has 0 amide bonds. The molecule has 1 aliphatic rings. The predicted molar refractivity (Wildman–Crippen MR) is 73.7 cm³/mol. The van der Waals surface area contributed by atoms with Gasteiger partial charge in [0.15, 0.2) is 0 Å². The molecule has 0 aliphatic carbocycles. The third-order valence-electron chi connectivity index (χ3n) is 3.06. The van der Waals surface area contributed by atoms with E-state index >= 15 is 0 Å². The summed E-state index contributed by atoms with van der Waals surface area (Å²) in [4.78, 5) is 0. The van der Waals surface area contributed by atoms with E-state index in [1.165, 1.54) is 5.56 Å². The van der Waals surface area contributed by atoms with Crippen molar-refractivity contribution >= 4 is 30.1 Å². The Bertz CT molecular complexity index is 333. The average molecular weight is 273 g/mol. The zero-order valence-corrected chi connectivity index (χ0v) is 11.8. The Labute approximate surface area is 112 Å². The van der Waals surface area contributed by atoms with Crippen LogP contribution in [0.5, 0.6) is 0 Å². The van der Waals surface area contributed by atoms with Gasteiger partial charge in [0.25, 0.3) is 0 Å². The van der Waals surface area contributed by atoms with E-state index in [-0.39, 0.29) is 24.6 Å². The molecule has 1 aliphatic heterocycles. The van der Waals surface area contributed by atoms with Crippen molar-refractivity contribution < 1.29 is 9.31 Å². The first-order valence-corrected chi connectivity index (χ1v) is 7.54. The van der Waals surface area contributed by atoms with Crippen LogP contribution in [0.15, 0.2) is 16.8 Å². The van der Waals surface area contributed by atoms with Gasteiger partial charge in [0.1, 0.15) is 0 Å². The lowest BCUT2D eigenvalue weighted by Crippen LogP contribution is -2.30. The standard InChI is InChI=1S/C12H18BClO2S/c1-3-4-11-9(2)15-13(16-11)12(14)7-10-5-6-17-8-10/h5-6,8-9,11-12H,3-4,7H2,1-2H3/t9-,11+,12?/m1/s1. The Hall–Kier alpha value is -0.0251. The van der Waals surface area contributed by atoms with Crippen molar-refractivity contribution in [2.45, 2.75) is 50.6 Å². The van der Waals surface area contributed by atoms with E-state index in [1.807, 2.05) is 0 Å². The molecule has 1 aromatic heterocycles. The fourth-order valence-electron chi connectivity index (χ4n) is 2.10. The van der Waals surface area contributed by atoms with Crippen molar-refractivity contribution in [1.82, 2.24) is 0 Å². The van der Waals surface area contributed by atoms with Gasteiger partial charge in [0.05, 0.1) is 17.5 Å². The Morgan fingerprint density at radius 3 is 3.00 bits per heavy atom. The van der Waals surface area contributed by atoms with E-state index in [0.717, 1.165) is 19.3 Å². The highest BCUT2D eigenvalue weighted by Gasteiger charge is 2.41. The highest BCUT2D eigenvalue weighted by Crippen LogP contribution is 2.25. The summed E-state index contributed by atoms with van der Waals surface area (Å²) in [7, 11) is -0.261. The summed E-state index contributed by atoms with van der Waals surface area (Å²) in [6, 6.07) is 2.10. The maximum absolute atomic E-state index is 6.36. The van der Waals surface area contributed by atoms with Gasteiger partial charge in [0, 0.05) is 0 Å². The first-order valence-electron chi connectivity index (χ1n) is 6.16. The second-order valence-electron chi connectivity index (χ2n) is 4.52. The number of thiophene rings is 1. The first-order chi connectivity index (χ1) is 8.20. The van der Waals surface area contributed by atoms with E-state index in [0.29, 0.717) is 0 Å². The topological polar surface area (TPSA) is 18.5 Å². The van der Waals surface area contributed by atoms with Crippen LogP contribution in [-0.2, 0) is 15.7 Å². The van der Waals surface area contributed by atoms with Gasteiger partial charge in [-0.3, -0.25) is 0 Å². The van der Waals surface area contributed by atoms with Gasteiger partial charge in [0.2, 0.25) is 0 Å². The fraction of sp³-hybridized carbons (Fsp3) is 0.667. The number of hydrogen-bond acceptors (Lipinski definition) is 3. The Morgan fingerprint density at radius 1 is 1.53 bits per heavy atom. The van der Waals surface area contributed by atoms with Crippen LogP contribution >= 0.6 is 22.9 Å². The van der Waals surface area contributed by atoms with Crippen LogP contribution in [-0.4, -0.2) is 24.6 Å². The summed E-state index contributed by atoms with van der Waals surface area (Å²) in [6.07, 6.45) is 3.32. The average Bonchev–Trinajstić information content (AvgIpc) is 2.90. The monoisotopic (exact) mass is 272 g/mol. The third kappa shape index (κ3) is 3.47. The zero-order valence-electron chi connectivity index (χ0n) is 10.3. The molecule has 1 fully saturated rings. The van der Waals surface area contributed by atoms with Crippen molar-refractivity contribution in [2.75, 3.05) is 0 Å². The quantitative estimate of drug-likeness (QED) is 0.603. The minimum absolute atomic E-state index is 0.103. The van der Waals surface area contributed by atoms with Gasteiger partial charge < -0.3 is 9.31 Å². The van der Waals surface area contributed by atoms with E-state index < -0.39 is 0 Å². The molecule has 1 saturated heterocycles. The summed E-state index contributed by atoms with van der Waals surface area (Å²) < 4.78 is 11.7. The number of rotatable bonds is 5. The van der Waals surface area contributed by atoms with Gasteiger partial charge in [-0.15, -0.1) is 11.6 Å². The SMILES string of the molecule is CCC[C@@H]1OB(C(Cl)Cc2ccsc2)O[C@@H]1C. The van der Waals surface area contributed by atoms with Crippen molar-refractivity contribution in [3.05, 3.63) is 22.4 Å². The molecular weight excluding hydrogens is 254 g/mol. The van der Waals surface area contributed by atoms with Gasteiger partial charge in [-0.1, -0.05) is 13.3 Å². The second kappa shape index (κ2) is 6.23. The van der Waals surface area contributed by atoms with Gasteiger partial charge in [-0.25, -0.2) is 0 Å². The Morgan fingerprint density at radius 2 is 2.35 bits per heavy atom. The Balaban J connectivity index is 1.86. The molecule has 5 heteroatoms. The van der Waals surface area contributed by atoms with Gasteiger partial charge in [-0.2, -0.15) is 11.3 Å². The maximum atomic E-state index is 6.36. The summed E-state index contributed by atoms with van der Waals surface area (Å²) in [5, 5.41) is 4.09. The second-order valence-corrected chi connectivity index (χ2v) is 5.87. The van der Waals surface area contributed by atoms with Crippen LogP contribution < -0.4 is 0 Å². The van der Waals surface area contributed by atoms with Crippen LogP contribution in [0.2, 0.25) is 0 Å². The van der Waals surface area contributed by atoms with Crippen LogP contribution in [0.3, 0.4) is 0 Å². The molecule has 2 nitrogen and oxygen atoms in total. The molecule has 0 radical (unpaired) electrons. The molecule has 0 N–H and O–H groups in total. The number of halogens is 1. The largest absolute Gasteiger partial charge is 0.476 e. The molecule has 0 aromatic carbocycles. The molecule has 2 rings (SSSR count). The minimum Gasteiger partial charge on any atom is -0.405 e. The molecule has 1 aromatic rings. The fourth-order valence-corrected chi connectivity index (χ4v) is 3.08. The molecule has 0 bridgehead atoms. The normalized spacial score (nSPS) is 26.4. The highest BCUT2D eigenvalue weighted by atomic mass is 35.5. The smallest absolute Gasteiger partial charge is 0.405 e. The summed E-state index contributed by atoms with van der Waals surface area (Å²) >= 11 is 8.06. The summed E-state index contributed by atoms with van der Waals surface area (Å²) in [6.45, 7) is 4.22. The number of hydrogen-bond donors (Lipinski definition) is 0. The van der Waals surface area contributed by atoms with E-state index in [1.54, 1.807) is 11.3 Å². The van der Waals surface area contributed by atoms with E-state index in [4.69, 9.17) is 20.9 Å². The molecule has 94 valence electrons. The van der Waals surface area contributed by atoms with Crippen molar-refractivity contribution in [3.8, 4) is 0 Å². The third-order valence-corrected chi connectivity index (χ3v) is 4.15. The highest BCUT2D eigenvalue weighted by molar-refractivity contribution is 7.07.